The minimum absolute atomic E-state index is 0.857. The second kappa shape index (κ2) is 4.40. The van der Waals surface area contributed by atoms with Crippen LogP contribution in [0, 0.1) is 0 Å². The van der Waals surface area contributed by atoms with Gasteiger partial charge in [0.2, 0.25) is 0 Å². The average molecular weight is 210 g/mol. The van der Waals surface area contributed by atoms with Crippen molar-refractivity contribution in [2.75, 3.05) is 39.4 Å². The second-order valence-electron chi connectivity index (χ2n) is 5.18. The fourth-order valence-electron chi connectivity index (χ4n) is 3.48. The minimum Gasteiger partial charge on any atom is -0.379 e. The molecule has 3 nitrogen and oxygen atoms in total. The van der Waals surface area contributed by atoms with E-state index in [0.29, 0.717) is 0 Å². The molecule has 0 amide bonds. The lowest BCUT2D eigenvalue weighted by atomic mass is 10.1. The van der Waals surface area contributed by atoms with Crippen LogP contribution >= 0.6 is 0 Å². The fraction of sp³-hybridized carbons (Fsp3) is 1.00. The highest BCUT2D eigenvalue weighted by Gasteiger charge is 2.37. The highest BCUT2D eigenvalue weighted by molar-refractivity contribution is 4.93. The Bertz CT molecular complexity index is 216. The van der Waals surface area contributed by atoms with E-state index in [2.05, 4.69) is 9.80 Å². The Morgan fingerprint density at radius 1 is 1.00 bits per heavy atom. The topological polar surface area (TPSA) is 15.7 Å². The van der Waals surface area contributed by atoms with Gasteiger partial charge in [-0.1, -0.05) is 0 Å². The molecule has 2 unspecified atom stereocenters. The summed E-state index contributed by atoms with van der Waals surface area (Å²) in [6, 6.07) is 1.80. The fourth-order valence-corrected chi connectivity index (χ4v) is 3.48. The first-order valence-electron chi connectivity index (χ1n) is 6.49. The summed E-state index contributed by atoms with van der Waals surface area (Å²) in [4.78, 5) is 5.37. The third-order valence-corrected chi connectivity index (χ3v) is 4.30. The monoisotopic (exact) mass is 210 g/mol. The molecule has 3 aliphatic heterocycles. The lowest BCUT2D eigenvalue weighted by molar-refractivity contribution is 0.0265. The molecular formula is C12H22N2O. The van der Waals surface area contributed by atoms with Gasteiger partial charge in [0.25, 0.3) is 0 Å². The molecule has 0 aromatic carbocycles. The molecule has 0 aromatic heterocycles. The number of hydrogen-bond acceptors (Lipinski definition) is 3. The zero-order valence-corrected chi connectivity index (χ0v) is 9.53. The van der Waals surface area contributed by atoms with E-state index < -0.39 is 0 Å². The molecule has 0 radical (unpaired) electrons. The molecule has 0 spiro atoms. The van der Waals surface area contributed by atoms with Gasteiger partial charge in [0.05, 0.1) is 13.2 Å². The summed E-state index contributed by atoms with van der Waals surface area (Å²) in [7, 11) is 0. The molecule has 3 rings (SSSR count). The van der Waals surface area contributed by atoms with E-state index in [1.165, 1.54) is 38.8 Å². The third kappa shape index (κ3) is 2.05. The number of rotatable bonds is 2. The van der Waals surface area contributed by atoms with Crippen LogP contribution in [0.3, 0.4) is 0 Å². The Balaban J connectivity index is 1.54. The van der Waals surface area contributed by atoms with E-state index in [9.17, 15) is 0 Å². The summed E-state index contributed by atoms with van der Waals surface area (Å²) in [5, 5.41) is 0. The second-order valence-corrected chi connectivity index (χ2v) is 5.18. The maximum Gasteiger partial charge on any atom is 0.0594 e. The molecule has 2 atom stereocenters. The highest BCUT2D eigenvalue weighted by Crippen LogP contribution is 2.32. The Hall–Kier alpha value is -0.120. The van der Waals surface area contributed by atoms with E-state index in [4.69, 9.17) is 4.74 Å². The Kier molecular flexibility index (Phi) is 2.95. The lowest BCUT2D eigenvalue weighted by Crippen LogP contribution is -2.45. The quantitative estimate of drug-likeness (QED) is 0.675. The van der Waals surface area contributed by atoms with Crippen LogP contribution < -0.4 is 0 Å². The van der Waals surface area contributed by atoms with E-state index in [-0.39, 0.29) is 0 Å². The van der Waals surface area contributed by atoms with Gasteiger partial charge in [0, 0.05) is 31.7 Å². The van der Waals surface area contributed by atoms with E-state index in [1.54, 1.807) is 0 Å². The molecule has 15 heavy (non-hydrogen) atoms. The van der Waals surface area contributed by atoms with Crippen molar-refractivity contribution >= 4 is 0 Å². The van der Waals surface area contributed by atoms with Crippen LogP contribution in [0.1, 0.15) is 25.7 Å². The smallest absolute Gasteiger partial charge is 0.0594 e. The molecule has 0 aromatic rings. The SMILES string of the molecule is C1CC2CCC(CN3CCOCC3)N2C1. The van der Waals surface area contributed by atoms with Crippen molar-refractivity contribution in [3.8, 4) is 0 Å². The van der Waals surface area contributed by atoms with Crippen molar-refractivity contribution in [2.24, 2.45) is 0 Å². The van der Waals surface area contributed by atoms with Gasteiger partial charge >= 0.3 is 0 Å². The maximum atomic E-state index is 5.40. The maximum absolute atomic E-state index is 5.40. The van der Waals surface area contributed by atoms with Gasteiger partial charge < -0.3 is 4.74 Å². The van der Waals surface area contributed by atoms with E-state index >= 15 is 0 Å². The minimum atomic E-state index is 0.857. The molecule has 3 heterocycles. The highest BCUT2D eigenvalue weighted by atomic mass is 16.5. The number of nitrogens with zero attached hydrogens (tertiary/aromatic N) is 2. The van der Waals surface area contributed by atoms with Crippen molar-refractivity contribution in [1.82, 2.24) is 9.80 Å². The lowest BCUT2D eigenvalue weighted by Gasteiger charge is -2.32. The van der Waals surface area contributed by atoms with Crippen molar-refractivity contribution in [1.29, 1.82) is 0 Å². The summed E-state index contributed by atoms with van der Waals surface area (Å²) in [6.07, 6.45) is 5.78. The molecule has 0 N–H and O–H groups in total. The molecule has 0 aliphatic carbocycles. The van der Waals surface area contributed by atoms with Gasteiger partial charge in [-0.25, -0.2) is 0 Å². The molecular weight excluding hydrogens is 188 g/mol. The zero-order valence-electron chi connectivity index (χ0n) is 9.53. The summed E-state index contributed by atoms with van der Waals surface area (Å²) < 4.78 is 5.40. The molecule has 3 saturated heterocycles. The van der Waals surface area contributed by atoms with Crippen molar-refractivity contribution in [3.05, 3.63) is 0 Å². The molecule has 86 valence electrons. The van der Waals surface area contributed by atoms with Gasteiger partial charge in [-0.3, -0.25) is 9.80 Å². The number of ether oxygens (including phenoxy) is 1. The summed E-state index contributed by atoms with van der Waals surface area (Å²) >= 11 is 0. The normalized spacial score (nSPS) is 38.4. The van der Waals surface area contributed by atoms with E-state index in [0.717, 1.165) is 38.4 Å². The van der Waals surface area contributed by atoms with Crippen LogP contribution in [-0.4, -0.2) is 61.3 Å². The van der Waals surface area contributed by atoms with Gasteiger partial charge in [-0.05, 0) is 32.2 Å². The van der Waals surface area contributed by atoms with Crippen LogP contribution in [-0.2, 0) is 4.74 Å². The first-order chi connectivity index (χ1) is 7.43. The van der Waals surface area contributed by atoms with Crippen molar-refractivity contribution in [2.45, 2.75) is 37.8 Å². The summed E-state index contributed by atoms with van der Waals surface area (Å²) in [5.74, 6) is 0. The zero-order chi connectivity index (χ0) is 10.1. The molecule has 3 fully saturated rings. The molecule has 0 saturated carbocycles. The van der Waals surface area contributed by atoms with Crippen LogP contribution in [0.5, 0.6) is 0 Å². The Morgan fingerprint density at radius 3 is 2.73 bits per heavy atom. The third-order valence-electron chi connectivity index (χ3n) is 4.30. The van der Waals surface area contributed by atoms with Gasteiger partial charge in [-0.15, -0.1) is 0 Å². The van der Waals surface area contributed by atoms with E-state index in [1.807, 2.05) is 0 Å². The molecule has 0 bridgehead atoms. The standard InChI is InChI=1S/C12H22N2O/c1-2-11-3-4-12(14(11)5-1)10-13-6-8-15-9-7-13/h11-12H,1-10H2. The van der Waals surface area contributed by atoms with Gasteiger partial charge in [0.15, 0.2) is 0 Å². The molecule has 3 aliphatic rings. The van der Waals surface area contributed by atoms with Gasteiger partial charge in [-0.2, -0.15) is 0 Å². The van der Waals surface area contributed by atoms with Crippen LogP contribution in [0.2, 0.25) is 0 Å². The predicted molar refractivity (Wildman–Crippen MR) is 60.0 cm³/mol. The number of fused-ring (bicyclic) bond motifs is 1. The first-order valence-corrected chi connectivity index (χ1v) is 6.49. The van der Waals surface area contributed by atoms with Gasteiger partial charge in [0.1, 0.15) is 0 Å². The largest absolute Gasteiger partial charge is 0.379 e. The first kappa shape index (κ1) is 10.1. The molecule has 3 heteroatoms. The predicted octanol–water partition coefficient (Wildman–Crippen LogP) is 0.945. The van der Waals surface area contributed by atoms with Crippen molar-refractivity contribution < 1.29 is 4.74 Å². The summed E-state index contributed by atoms with van der Waals surface area (Å²) in [5.41, 5.74) is 0. The van der Waals surface area contributed by atoms with Crippen LogP contribution in [0.25, 0.3) is 0 Å². The number of morpholine rings is 1. The van der Waals surface area contributed by atoms with Crippen LogP contribution in [0.4, 0.5) is 0 Å². The van der Waals surface area contributed by atoms with Crippen molar-refractivity contribution in [3.63, 3.8) is 0 Å². The summed E-state index contributed by atoms with van der Waals surface area (Å²) in [6.45, 7) is 6.83. The van der Waals surface area contributed by atoms with Crippen LogP contribution in [0.15, 0.2) is 0 Å². The number of hydrogen-bond donors (Lipinski definition) is 0. The Labute approximate surface area is 92.4 Å². The average Bonchev–Trinajstić information content (AvgIpc) is 2.85. The Morgan fingerprint density at radius 2 is 1.87 bits per heavy atom.